The Bertz CT molecular complexity index is 562. The number of pyridine rings is 1. The van der Waals surface area contributed by atoms with Gasteiger partial charge in [-0.1, -0.05) is 6.92 Å². The smallest absolute Gasteiger partial charge is 0.355 e. The van der Waals surface area contributed by atoms with Crippen molar-refractivity contribution in [2.75, 3.05) is 37.6 Å². The summed E-state index contributed by atoms with van der Waals surface area (Å²) in [5, 5.41) is 2.90. The molecule has 5 nitrogen and oxygen atoms in total. The van der Waals surface area contributed by atoms with Crippen LogP contribution in [0.2, 0.25) is 0 Å². The monoisotopic (exact) mass is 358 g/mol. The van der Waals surface area contributed by atoms with Gasteiger partial charge in [0.25, 0.3) is 0 Å². The van der Waals surface area contributed by atoms with Gasteiger partial charge in [-0.3, -0.25) is 9.69 Å². The van der Waals surface area contributed by atoms with Crippen molar-refractivity contribution in [1.29, 1.82) is 0 Å². The zero-order valence-corrected chi connectivity index (χ0v) is 14.6. The lowest BCUT2D eigenvalue weighted by Crippen LogP contribution is -2.46. The predicted octanol–water partition coefficient (Wildman–Crippen LogP) is 2.53. The number of carbonyl (C=O) groups excluding carboxylic acids is 1. The Kier molecular flexibility index (Phi) is 6.64. The number of rotatable bonds is 5. The van der Waals surface area contributed by atoms with Gasteiger partial charge in [0.15, 0.2) is 0 Å². The van der Waals surface area contributed by atoms with Crippen LogP contribution in [0.4, 0.5) is 19.0 Å². The molecule has 140 valence electrons. The summed E-state index contributed by atoms with van der Waals surface area (Å²) in [6.45, 7) is 7.34. The highest BCUT2D eigenvalue weighted by Crippen LogP contribution is 2.29. The Morgan fingerprint density at radius 2 is 2.04 bits per heavy atom. The fourth-order valence-corrected chi connectivity index (χ4v) is 2.86. The van der Waals surface area contributed by atoms with Gasteiger partial charge in [0.1, 0.15) is 5.82 Å². The van der Waals surface area contributed by atoms with Gasteiger partial charge in [0.05, 0.1) is 11.6 Å². The summed E-state index contributed by atoms with van der Waals surface area (Å²) in [7, 11) is 0. The molecule has 1 aliphatic heterocycles. The first-order valence-electron chi connectivity index (χ1n) is 8.63. The summed E-state index contributed by atoms with van der Waals surface area (Å²) in [6.07, 6.45) is -1.78. The second-order valence-electron chi connectivity index (χ2n) is 6.25. The van der Waals surface area contributed by atoms with Crippen LogP contribution in [0.15, 0.2) is 18.3 Å². The molecule has 1 amide bonds. The Hall–Kier alpha value is -1.83. The lowest BCUT2D eigenvalue weighted by Gasteiger charge is -2.27. The molecule has 2 rings (SSSR count). The third kappa shape index (κ3) is 5.32. The molecule has 0 spiro atoms. The highest BCUT2D eigenvalue weighted by Gasteiger charge is 2.31. The number of halogens is 3. The van der Waals surface area contributed by atoms with E-state index in [1.807, 2.05) is 18.7 Å². The van der Waals surface area contributed by atoms with Gasteiger partial charge in [-0.05, 0) is 31.9 Å². The molecule has 25 heavy (non-hydrogen) atoms. The van der Waals surface area contributed by atoms with Crippen LogP contribution in [0, 0.1) is 0 Å². The first kappa shape index (κ1) is 19.5. The van der Waals surface area contributed by atoms with Gasteiger partial charge in [0.2, 0.25) is 5.91 Å². The molecule has 1 fully saturated rings. The minimum absolute atomic E-state index is 0.0166. The van der Waals surface area contributed by atoms with E-state index >= 15 is 0 Å². The van der Waals surface area contributed by atoms with Crippen molar-refractivity contribution in [2.45, 2.75) is 38.9 Å². The molecular weight excluding hydrogens is 333 g/mol. The molecule has 8 heteroatoms. The Balaban J connectivity index is 1.95. The van der Waals surface area contributed by atoms with Gasteiger partial charge in [-0.25, -0.2) is 4.98 Å². The van der Waals surface area contributed by atoms with E-state index in [1.54, 1.807) is 0 Å². The molecule has 1 aromatic heterocycles. The molecule has 0 aromatic carbocycles. The Morgan fingerprint density at radius 1 is 1.28 bits per heavy atom. The molecule has 1 atom stereocenters. The van der Waals surface area contributed by atoms with E-state index < -0.39 is 11.7 Å². The highest BCUT2D eigenvalue weighted by atomic mass is 19.4. The van der Waals surface area contributed by atoms with Crippen LogP contribution in [0.5, 0.6) is 0 Å². The van der Waals surface area contributed by atoms with Crippen molar-refractivity contribution >= 4 is 11.7 Å². The number of nitrogens with zero attached hydrogens (tertiary/aromatic N) is 3. The molecule has 1 aliphatic rings. The summed E-state index contributed by atoms with van der Waals surface area (Å²) in [6, 6.07) is 2.26. The van der Waals surface area contributed by atoms with Gasteiger partial charge >= 0.3 is 6.18 Å². The van der Waals surface area contributed by atoms with E-state index in [4.69, 9.17) is 0 Å². The fraction of sp³-hybridized carbons (Fsp3) is 0.647. The lowest BCUT2D eigenvalue weighted by atomic mass is 10.2. The summed E-state index contributed by atoms with van der Waals surface area (Å²) in [5.41, 5.74) is -0.742. The van der Waals surface area contributed by atoms with Gasteiger partial charge < -0.3 is 10.2 Å². The molecule has 0 bridgehead atoms. The maximum atomic E-state index is 12.6. The number of anilines is 1. The average molecular weight is 358 g/mol. The van der Waals surface area contributed by atoms with Crippen LogP contribution in [0.1, 0.15) is 32.3 Å². The van der Waals surface area contributed by atoms with Gasteiger partial charge in [0, 0.05) is 38.9 Å². The zero-order valence-electron chi connectivity index (χ0n) is 14.6. The van der Waals surface area contributed by atoms with Crippen LogP contribution in [0.25, 0.3) is 0 Å². The second kappa shape index (κ2) is 8.51. The summed E-state index contributed by atoms with van der Waals surface area (Å²) in [4.78, 5) is 20.2. The van der Waals surface area contributed by atoms with E-state index in [0.29, 0.717) is 32.0 Å². The minimum Gasteiger partial charge on any atom is -0.355 e. The van der Waals surface area contributed by atoms with Crippen LogP contribution in [-0.2, 0) is 11.0 Å². The van der Waals surface area contributed by atoms with E-state index in [1.165, 1.54) is 6.07 Å². The Morgan fingerprint density at radius 3 is 2.64 bits per heavy atom. The summed E-state index contributed by atoms with van der Waals surface area (Å²) < 4.78 is 37.9. The standard InChI is InChI=1S/C17H25F3N4O/c1-3-7-21-16(25)13(2)23-8-4-9-24(11-10-23)15-6-5-14(12-22-15)17(18,19)20/h5-6,12-13H,3-4,7-11H2,1-2H3,(H,21,25)/t13-/m0/s1. The largest absolute Gasteiger partial charge is 0.417 e. The van der Waals surface area contributed by atoms with Crippen molar-refractivity contribution < 1.29 is 18.0 Å². The highest BCUT2D eigenvalue weighted by molar-refractivity contribution is 5.81. The fourth-order valence-electron chi connectivity index (χ4n) is 2.86. The van der Waals surface area contributed by atoms with Crippen LogP contribution < -0.4 is 10.2 Å². The molecular formula is C17H25F3N4O. The molecule has 1 aromatic rings. The molecule has 0 saturated carbocycles. The second-order valence-corrected chi connectivity index (χ2v) is 6.25. The Labute approximate surface area is 146 Å². The number of aromatic nitrogens is 1. The molecule has 2 heterocycles. The number of carbonyl (C=O) groups is 1. The summed E-state index contributed by atoms with van der Waals surface area (Å²) >= 11 is 0. The van der Waals surface area contributed by atoms with E-state index in [-0.39, 0.29) is 11.9 Å². The predicted molar refractivity (Wildman–Crippen MR) is 90.4 cm³/mol. The number of amides is 1. The van der Waals surface area contributed by atoms with Crippen molar-refractivity contribution in [1.82, 2.24) is 15.2 Å². The first-order valence-corrected chi connectivity index (χ1v) is 8.63. The molecule has 0 unspecified atom stereocenters. The third-order valence-corrected chi connectivity index (χ3v) is 4.41. The number of nitrogens with one attached hydrogen (secondary N) is 1. The first-order chi connectivity index (χ1) is 11.8. The minimum atomic E-state index is -4.37. The van der Waals surface area contributed by atoms with Crippen molar-refractivity contribution in [3.8, 4) is 0 Å². The number of alkyl halides is 3. The number of hydrogen-bond acceptors (Lipinski definition) is 4. The lowest BCUT2D eigenvalue weighted by molar-refractivity contribution is -0.137. The van der Waals surface area contributed by atoms with Crippen LogP contribution in [0.3, 0.4) is 0 Å². The normalized spacial score (nSPS) is 17.9. The number of hydrogen-bond donors (Lipinski definition) is 1. The van der Waals surface area contributed by atoms with Crippen molar-refractivity contribution in [3.63, 3.8) is 0 Å². The quantitative estimate of drug-likeness (QED) is 0.879. The van der Waals surface area contributed by atoms with Crippen LogP contribution in [-0.4, -0.2) is 54.6 Å². The topological polar surface area (TPSA) is 48.5 Å². The van der Waals surface area contributed by atoms with Gasteiger partial charge in [-0.15, -0.1) is 0 Å². The zero-order chi connectivity index (χ0) is 18.4. The third-order valence-electron chi connectivity index (χ3n) is 4.41. The maximum absolute atomic E-state index is 12.6. The van der Waals surface area contributed by atoms with Crippen molar-refractivity contribution in [3.05, 3.63) is 23.9 Å². The van der Waals surface area contributed by atoms with Crippen LogP contribution >= 0.6 is 0 Å². The molecule has 0 aliphatic carbocycles. The van der Waals surface area contributed by atoms with E-state index in [0.717, 1.165) is 31.6 Å². The van der Waals surface area contributed by atoms with Gasteiger partial charge in [-0.2, -0.15) is 13.2 Å². The average Bonchev–Trinajstić information content (AvgIpc) is 2.84. The molecule has 0 radical (unpaired) electrons. The SMILES string of the molecule is CCCNC(=O)[C@H](C)N1CCCN(c2ccc(C(F)(F)F)cn2)CC1. The van der Waals surface area contributed by atoms with E-state index in [9.17, 15) is 18.0 Å². The summed E-state index contributed by atoms with van der Waals surface area (Å²) in [5.74, 6) is 0.556. The maximum Gasteiger partial charge on any atom is 0.417 e. The molecule has 1 saturated heterocycles. The molecule has 1 N–H and O–H groups in total. The van der Waals surface area contributed by atoms with Crippen molar-refractivity contribution in [2.24, 2.45) is 0 Å². The van der Waals surface area contributed by atoms with E-state index in [2.05, 4.69) is 15.2 Å².